The lowest BCUT2D eigenvalue weighted by atomic mass is 10.1. The van der Waals surface area contributed by atoms with Crippen LogP contribution in [0.1, 0.15) is 24.0 Å². The first kappa shape index (κ1) is 21.7. The van der Waals surface area contributed by atoms with E-state index in [1.54, 1.807) is 32.0 Å². The Morgan fingerprint density at radius 3 is 2.45 bits per heavy atom. The van der Waals surface area contributed by atoms with Crippen LogP contribution in [0.25, 0.3) is 0 Å². The Balaban J connectivity index is 1.96. The monoisotopic (exact) mass is 458 g/mol. The van der Waals surface area contributed by atoms with E-state index in [9.17, 15) is 16.8 Å². The number of nitrogens with one attached hydrogen (secondary N) is 1. The molecule has 0 amide bonds. The minimum absolute atomic E-state index is 0.0834. The molecule has 0 aromatic heterocycles. The molecule has 10 heteroatoms. The molecular weight excluding hydrogens is 436 g/mol. The van der Waals surface area contributed by atoms with Gasteiger partial charge in [0.2, 0.25) is 10.0 Å². The van der Waals surface area contributed by atoms with E-state index >= 15 is 0 Å². The van der Waals surface area contributed by atoms with Crippen LogP contribution in [0.5, 0.6) is 5.75 Å². The predicted octanol–water partition coefficient (Wildman–Crippen LogP) is 3.70. The van der Waals surface area contributed by atoms with Gasteiger partial charge in [-0.3, -0.25) is 9.03 Å². The maximum Gasteiger partial charge on any atom is 0.262 e. The lowest BCUT2D eigenvalue weighted by molar-refractivity contribution is 0.415. The maximum absolute atomic E-state index is 12.9. The Kier molecular flexibility index (Phi) is 6.03. The molecule has 0 atom stereocenters. The molecule has 1 heterocycles. The number of methoxy groups -OCH3 is 1. The summed E-state index contributed by atoms with van der Waals surface area (Å²) in [6, 6.07) is 7.71. The molecule has 2 aromatic carbocycles. The molecule has 29 heavy (non-hydrogen) atoms. The van der Waals surface area contributed by atoms with E-state index in [1.165, 1.54) is 23.5 Å². The summed E-state index contributed by atoms with van der Waals surface area (Å²) < 4.78 is 59.7. The molecule has 0 saturated carbocycles. The summed E-state index contributed by atoms with van der Waals surface area (Å²) in [6.07, 6.45) is 1.41. The molecular formula is C19H23ClN2O5S2. The highest BCUT2D eigenvalue weighted by atomic mass is 35.5. The van der Waals surface area contributed by atoms with E-state index in [4.69, 9.17) is 16.3 Å². The van der Waals surface area contributed by atoms with Crippen molar-refractivity contribution in [2.45, 2.75) is 31.6 Å². The van der Waals surface area contributed by atoms with Gasteiger partial charge in [0.25, 0.3) is 10.0 Å². The van der Waals surface area contributed by atoms with Crippen molar-refractivity contribution in [3.05, 3.63) is 46.5 Å². The van der Waals surface area contributed by atoms with Gasteiger partial charge in [-0.15, -0.1) is 0 Å². The van der Waals surface area contributed by atoms with E-state index in [-0.39, 0.29) is 15.7 Å². The number of ether oxygens (including phenoxy) is 1. The highest BCUT2D eigenvalue weighted by molar-refractivity contribution is 7.93. The Morgan fingerprint density at radius 1 is 1.10 bits per heavy atom. The summed E-state index contributed by atoms with van der Waals surface area (Å²) in [5.41, 5.74) is 1.86. The number of halogens is 1. The summed E-state index contributed by atoms with van der Waals surface area (Å²) in [5, 5.41) is 0.284. The molecule has 1 saturated heterocycles. The molecule has 1 aliphatic heterocycles. The van der Waals surface area contributed by atoms with Crippen LogP contribution in [0.3, 0.4) is 0 Å². The van der Waals surface area contributed by atoms with Crippen molar-refractivity contribution in [1.82, 2.24) is 0 Å². The van der Waals surface area contributed by atoms with Gasteiger partial charge in [-0.05, 0) is 68.1 Å². The molecule has 0 radical (unpaired) electrons. The van der Waals surface area contributed by atoms with Crippen molar-refractivity contribution >= 4 is 43.0 Å². The van der Waals surface area contributed by atoms with Gasteiger partial charge < -0.3 is 4.74 Å². The normalized spacial score (nSPS) is 16.5. The summed E-state index contributed by atoms with van der Waals surface area (Å²) in [5.74, 6) is 0.541. The third-order valence-electron chi connectivity index (χ3n) is 4.81. The summed E-state index contributed by atoms with van der Waals surface area (Å²) in [4.78, 5) is 0.0834. The minimum atomic E-state index is -3.90. The van der Waals surface area contributed by atoms with Crippen molar-refractivity contribution in [3.63, 3.8) is 0 Å². The van der Waals surface area contributed by atoms with E-state index < -0.39 is 20.0 Å². The second-order valence-corrected chi connectivity index (χ2v) is 11.0. The number of aryl methyl sites for hydroxylation is 2. The average Bonchev–Trinajstić information content (AvgIpc) is 2.63. The van der Waals surface area contributed by atoms with E-state index in [0.29, 0.717) is 41.2 Å². The van der Waals surface area contributed by atoms with Gasteiger partial charge in [0.05, 0.1) is 34.2 Å². The number of sulfonamides is 2. The number of hydrogen-bond acceptors (Lipinski definition) is 5. The largest absolute Gasteiger partial charge is 0.495 e. The zero-order chi connectivity index (χ0) is 21.4. The number of nitrogens with zero attached hydrogens (tertiary/aromatic N) is 1. The van der Waals surface area contributed by atoms with Gasteiger partial charge in [-0.2, -0.15) is 0 Å². The van der Waals surface area contributed by atoms with Crippen molar-refractivity contribution < 1.29 is 21.6 Å². The quantitative estimate of drug-likeness (QED) is 0.737. The minimum Gasteiger partial charge on any atom is -0.495 e. The van der Waals surface area contributed by atoms with Crippen LogP contribution in [-0.2, 0) is 20.0 Å². The zero-order valence-corrected chi connectivity index (χ0v) is 18.8. The first-order chi connectivity index (χ1) is 13.5. The first-order valence-electron chi connectivity index (χ1n) is 9.03. The van der Waals surface area contributed by atoms with Crippen LogP contribution in [-0.4, -0.2) is 36.2 Å². The van der Waals surface area contributed by atoms with Crippen LogP contribution in [0.4, 0.5) is 11.4 Å². The standard InChI is InChI=1S/C19H23ClN2O5S2/c1-13-11-19(14(2)10-17(13)22-8-4-5-9-28(22,23)24)29(25,26)21-15-6-7-18(27-3)16(20)12-15/h6-7,10-12,21H,4-5,8-9H2,1-3H3. The lowest BCUT2D eigenvalue weighted by Gasteiger charge is -2.30. The highest BCUT2D eigenvalue weighted by Crippen LogP contribution is 2.33. The van der Waals surface area contributed by atoms with Gasteiger partial charge in [0.1, 0.15) is 5.75 Å². The number of hydrogen-bond donors (Lipinski definition) is 1. The summed E-state index contributed by atoms with van der Waals surface area (Å²) >= 11 is 6.07. The lowest BCUT2D eigenvalue weighted by Crippen LogP contribution is -2.38. The Hall–Kier alpha value is -1.97. The Labute approximate surface area is 176 Å². The van der Waals surface area contributed by atoms with Crippen molar-refractivity contribution in [3.8, 4) is 5.75 Å². The smallest absolute Gasteiger partial charge is 0.262 e. The molecule has 158 valence electrons. The molecule has 1 fully saturated rings. The zero-order valence-electron chi connectivity index (χ0n) is 16.4. The van der Waals surface area contributed by atoms with Gasteiger partial charge in [0, 0.05) is 6.54 Å². The number of benzene rings is 2. The third kappa shape index (κ3) is 4.46. The van der Waals surface area contributed by atoms with Gasteiger partial charge in [-0.25, -0.2) is 16.8 Å². The Bertz CT molecular complexity index is 1150. The van der Waals surface area contributed by atoms with E-state index in [2.05, 4.69) is 4.72 Å². The van der Waals surface area contributed by atoms with Crippen LogP contribution < -0.4 is 13.8 Å². The van der Waals surface area contributed by atoms with E-state index in [1.807, 2.05) is 0 Å². The third-order valence-corrected chi connectivity index (χ3v) is 8.48. The molecule has 7 nitrogen and oxygen atoms in total. The SMILES string of the molecule is COc1ccc(NS(=O)(=O)c2cc(C)c(N3CCCCS3(=O)=O)cc2C)cc1Cl. The number of rotatable bonds is 5. The molecule has 0 unspecified atom stereocenters. The van der Waals surface area contributed by atoms with Crippen LogP contribution in [0.2, 0.25) is 5.02 Å². The van der Waals surface area contributed by atoms with E-state index in [0.717, 1.165) is 6.42 Å². The fraction of sp³-hybridized carbons (Fsp3) is 0.368. The molecule has 3 rings (SSSR count). The topological polar surface area (TPSA) is 92.8 Å². The fourth-order valence-corrected chi connectivity index (χ4v) is 6.64. The second-order valence-electron chi connectivity index (χ2n) is 6.95. The van der Waals surface area contributed by atoms with Crippen molar-refractivity contribution in [1.29, 1.82) is 0 Å². The first-order valence-corrected chi connectivity index (χ1v) is 12.5. The van der Waals surface area contributed by atoms with Gasteiger partial charge in [-0.1, -0.05) is 11.6 Å². The van der Waals surface area contributed by atoms with Crippen LogP contribution >= 0.6 is 11.6 Å². The molecule has 2 aromatic rings. The van der Waals surface area contributed by atoms with Crippen molar-refractivity contribution in [2.75, 3.05) is 28.4 Å². The Morgan fingerprint density at radius 2 is 1.83 bits per heavy atom. The van der Waals surface area contributed by atoms with Crippen LogP contribution in [0.15, 0.2) is 35.2 Å². The van der Waals surface area contributed by atoms with Gasteiger partial charge >= 0.3 is 0 Å². The highest BCUT2D eigenvalue weighted by Gasteiger charge is 2.29. The molecule has 1 N–H and O–H groups in total. The van der Waals surface area contributed by atoms with Crippen molar-refractivity contribution in [2.24, 2.45) is 0 Å². The predicted molar refractivity (Wildman–Crippen MR) is 115 cm³/mol. The van der Waals surface area contributed by atoms with Gasteiger partial charge in [0.15, 0.2) is 0 Å². The molecule has 0 aliphatic carbocycles. The average molecular weight is 459 g/mol. The maximum atomic E-state index is 12.9. The molecule has 0 spiro atoms. The summed E-state index contributed by atoms with van der Waals surface area (Å²) in [7, 11) is -5.81. The second kappa shape index (κ2) is 8.04. The van der Waals surface area contributed by atoms with Crippen LogP contribution in [0, 0.1) is 13.8 Å². The number of anilines is 2. The molecule has 1 aliphatic rings. The summed E-state index contributed by atoms with van der Waals surface area (Å²) in [6.45, 7) is 3.76. The fourth-order valence-electron chi connectivity index (χ4n) is 3.33. The molecule has 0 bridgehead atoms.